The van der Waals surface area contributed by atoms with Crippen molar-refractivity contribution in [2.45, 2.75) is 58.2 Å². The smallest absolute Gasteiger partial charge is 0.0453 e. The van der Waals surface area contributed by atoms with Crippen LogP contribution in [0.5, 0.6) is 0 Å². The summed E-state index contributed by atoms with van der Waals surface area (Å²) in [4.78, 5) is 2.64. The molecule has 1 N–H and O–H groups in total. The fourth-order valence-corrected chi connectivity index (χ4v) is 3.96. The molecule has 1 aliphatic carbocycles. The normalized spacial score (nSPS) is 30.6. The van der Waals surface area contributed by atoms with Gasteiger partial charge in [0.1, 0.15) is 0 Å². The molecule has 2 atom stereocenters. The van der Waals surface area contributed by atoms with Gasteiger partial charge in [0, 0.05) is 36.2 Å². The zero-order valence-electron chi connectivity index (χ0n) is 13.5. The highest BCUT2D eigenvalue weighted by Crippen LogP contribution is 2.41. The molecule has 0 aromatic heterocycles. The number of rotatable bonds is 4. The van der Waals surface area contributed by atoms with Gasteiger partial charge < -0.3 is 5.32 Å². The minimum absolute atomic E-state index is 0.294. The SMILES string of the molecule is CCC1CNC(C)(C2CC2)CN1Cc1ccc(C)cc1Cl. The Balaban J connectivity index is 1.76. The van der Waals surface area contributed by atoms with Crippen LogP contribution in [0.25, 0.3) is 0 Å². The third kappa shape index (κ3) is 3.28. The van der Waals surface area contributed by atoms with Gasteiger partial charge in [-0.15, -0.1) is 0 Å². The molecule has 0 radical (unpaired) electrons. The molecule has 2 fully saturated rings. The van der Waals surface area contributed by atoms with Crippen molar-refractivity contribution in [1.82, 2.24) is 10.2 Å². The summed E-state index contributed by atoms with van der Waals surface area (Å²) in [5, 5.41) is 4.74. The monoisotopic (exact) mass is 306 g/mol. The lowest BCUT2D eigenvalue weighted by atomic mass is 9.90. The Morgan fingerprint density at radius 1 is 1.38 bits per heavy atom. The Morgan fingerprint density at radius 3 is 2.76 bits per heavy atom. The predicted molar refractivity (Wildman–Crippen MR) is 89.8 cm³/mol. The lowest BCUT2D eigenvalue weighted by Crippen LogP contribution is -2.63. The molecule has 21 heavy (non-hydrogen) atoms. The summed E-state index contributed by atoms with van der Waals surface area (Å²) in [7, 11) is 0. The number of benzene rings is 1. The third-order valence-corrected chi connectivity index (χ3v) is 5.67. The lowest BCUT2D eigenvalue weighted by molar-refractivity contribution is 0.0666. The van der Waals surface area contributed by atoms with Gasteiger partial charge in [-0.05, 0) is 56.2 Å². The minimum atomic E-state index is 0.294. The number of halogens is 1. The van der Waals surface area contributed by atoms with Crippen LogP contribution in [0.2, 0.25) is 5.02 Å². The molecule has 2 aliphatic rings. The molecule has 2 nitrogen and oxygen atoms in total. The first kappa shape index (κ1) is 15.3. The highest BCUT2D eigenvalue weighted by Gasteiger charge is 2.45. The summed E-state index contributed by atoms with van der Waals surface area (Å²) in [5.74, 6) is 0.867. The average molecular weight is 307 g/mol. The van der Waals surface area contributed by atoms with Crippen LogP contribution in [0.1, 0.15) is 44.2 Å². The van der Waals surface area contributed by atoms with Crippen molar-refractivity contribution < 1.29 is 0 Å². The number of nitrogens with zero attached hydrogens (tertiary/aromatic N) is 1. The van der Waals surface area contributed by atoms with E-state index in [-0.39, 0.29) is 0 Å². The highest BCUT2D eigenvalue weighted by atomic mass is 35.5. The van der Waals surface area contributed by atoms with Crippen molar-refractivity contribution in [2.75, 3.05) is 13.1 Å². The molecule has 0 amide bonds. The first-order chi connectivity index (χ1) is 10.0. The van der Waals surface area contributed by atoms with E-state index < -0.39 is 0 Å². The summed E-state index contributed by atoms with van der Waals surface area (Å²) in [6.45, 7) is 10.0. The van der Waals surface area contributed by atoms with E-state index in [9.17, 15) is 0 Å². The van der Waals surface area contributed by atoms with Crippen LogP contribution in [0.15, 0.2) is 18.2 Å². The Labute approximate surface area is 133 Å². The first-order valence-electron chi connectivity index (χ1n) is 8.26. The Morgan fingerprint density at radius 2 is 2.14 bits per heavy atom. The summed E-state index contributed by atoms with van der Waals surface area (Å²) >= 11 is 6.44. The maximum absolute atomic E-state index is 6.44. The van der Waals surface area contributed by atoms with Gasteiger partial charge in [0.25, 0.3) is 0 Å². The van der Waals surface area contributed by atoms with E-state index in [4.69, 9.17) is 11.6 Å². The molecule has 1 saturated carbocycles. The molecule has 1 aromatic carbocycles. The third-order valence-electron chi connectivity index (χ3n) is 5.32. The van der Waals surface area contributed by atoms with Crippen LogP contribution >= 0.6 is 11.6 Å². The van der Waals surface area contributed by atoms with Crippen LogP contribution in [-0.4, -0.2) is 29.6 Å². The predicted octanol–water partition coefficient (Wildman–Crippen LogP) is 4.00. The highest BCUT2D eigenvalue weighted by molar-refractivity contribution is 6.31. The van der Waals surface area contributed by atoms with E-state index in [1.165, 1.54) is 30.4 Å². The fraction of sp³-hybridized carbons (Fsp3) is 0.667. The largest absolute Gasteiger partial charge is 0.308 e. The van der Waals surface area contributed by atoms with Crippen LogP contribution in [0, 0.1) is 12.8 Å². The molecular weight excluding hydrogens is 280 g/mol. The zero-order chi connectivity index (χ0) is 15.0. The van der Waals surface area contributed by atoms with E-state index >= 15 is 0 Å². The van der Waals surface area contributed by atoms with Crippen molar-refractivity contribution in [2.24, 2.45) is 5.92 Å². The zero-order valence-corrected chi connectivity index (χ0v) is 14.2. The van der Waals surface area contributed by atoms with E-state index in [1.807, 2.05) is 0 Å². The van der Waals surface area contributed by atoms with Gasteiger partial charge in [-0.1, -0.05) is 30.7 Å². The molecule has 3 rings (SSSR count). The lowest BCUT2D eigenvalue weighted by Gasteiger charge is -2.46. The molecule has 1 aromatic rings. The number of nitrogens with one attached hydrogen (secondary N) is 1. The fourth-order valence-electron chi connectivity index (χ4n) is 3.67. The van der Waals surface area contributed by atoms with Gasteiger partial charge in [-0.3, -0.25) is 4.90 Å². The van der Waals surface area contributed by atoms with Crippen LogP contribution in [0.3, 0.4) is 0 Å². The molecule has 0 bridgehead atoms. The quantitative estimate of drug-likeness (QED) is 0.904. The van der Waals surface area contributed by atoms with E-state index in [2.05, 4.69) is 49.2 Å². The van der Waals surface area contributed by atoms with Gasteiger partial charge in [0.05, 0.1) is 0 Å². The molecule has 1 heterocycles. The maximum atomic E-state index is 6.44. The van der Waals surface area contributed by atoms with Crippen molar-refractivity contribution in [3.05, 3.63) is 34.3 Å². The standard InChI is InChI=1S/C18H27ClN2/c1-4-16-10-20-18(3,15-7-8-15)12-21(16)11-14-6-5-13(2)9-17(14)19/h5-6,9,15-16,20H,4,7-8,10-12H2,1-3H3. The maximum Gasteiger partial charge on any atom is 0.0453 e. The van der Waals surface area contributed by atoms with Gasteiger partial charge in [0.15, 0.2) is 0 Å². The van der Waals surface area contributed by atoms with Gasteiger partial charge in [-0.2, -0.15) is 0 Å². The van der Waals surface area contributed by atoms with Gasteiger partial charge in [0.2, 0.25) is 0 Å². The van der Waals surface area contributed by atoms with Crippen molar-refractivity contribution in [1.29, 1.82) is 0 Å². The Hall–Kier alpha value is -0.570. The van der Waals surface area contributed by atoms with Crippen LogP contribution in [0.4, 0.5) is 0 Å². The molecule has 2 unspecified atom stereocenters. The van der Waals surface area contributed by atoms with Crippen molar-refractivity contribution in [3.63, 3.8) is 0 Å². The summed E-state index contributed by atoms with van der Waals surface area (Å²) < 4.78 is 0. The molecule has 3 heteroatoms. The Kier molecular flexibility index (Phi) is 4.31. The second-order valence-corrected chi connectivity index (χ2v) is 7.54. The molecular formula is C18H27ClN2. The Bertz CT molecular complexity index is 512. The molecule has 0 spiro atoms. The van der Waals surface area contributed by atoms with Crippen molar-refractivity contribution in [3.8, 4) is 0 Å². The number of piperazine rings is 1. The number of hydrogen-bond acceptors (Lipinski definition) is 2. The van der Waals surface area contributed by atoms with E-state index in [1.54, 1.807) is 0 Å². The summed E-state index contributed by atoms with van der Waals surface area (Å²) in [6, 6.07) is 7.07. The molecule has 1 aliphatic heterocycles. The molecule has 116 valence electrons. The number of hydrogen-bond donors (Lipinski definition) is 1. The molecule has 1 saturated heterocycles. The summed E-state index contributed by atoms with van der Waals surface area (Å²) in [6.07, 6.45) is 3.97. The van der Waals surface area contributed by atoms with E-state index in [0.29, 0.717) is 11.6 Å². The minimum Gasteiger partial charge on any atom is -0.308 e. The van der Waals surface area contributed by atoms with Crippen molar-refractivity contribution >= 4 is 11.6 Å². The second kappa shape index (κ2) is 5.91. The first-order valence-corrected chi connectivity index (χ1v) is 8.64. The van der Waals surface area contributed by atoms with Crippen LogP contribution < -0.4 is 5.32 Å². The van der Waals surface area contributed by atoms with Gasteiger partial charge >= 0.3 is 0 Å². The second-order valence-electron chi connectivity index (χ2n) is 7.13. The average Bonchev–Trinajstić information content (AvgIpc) is 3.27. The summed E-state index contributed by atoms with van der Waals surface area (Å²) in [5.41, 5.74) is 2.79. The van der Waals surface area contributed by atoms with Gasteiger partial charge in [-0.25, -0.2) is 0 Å². The van der Waals surface area contributed by atoms with Crippen LogP contribution in [-0.2, 0) is 6.54 Å². The topological polar surface area (TPSA) is 15.3 Å². The van der Waals surface area contributed by atoms with E-state index in [0.717, 1.165) is 30.6 Å². The number of aryl methyl sites for hydroxylation is 1.